The lowest BCUT2D eigenvalue weighted by atomic mass is 9.72. The number of hydrogen-bond donors (Lipinski definition) is 0. The monoisotopic (exact) mass is 556 g/mol. The van der Waals surface area contributed by atoms with Gasteiger partial charge in [-0.1, -0.05) is 53.2 Å². The molecule has 0 saturated carbocycles. The molecule has 3 unspecified atom stereocenters. The van der Waals surface area contributed by atoms with E-state index in [-0.39, 0.29) is 25.5 Å². The molecule has 7 nitrogen and oxygen atoms in total. The van der Waals surface area contributed by atoms with Crippen LogP contribution >= 0.6 is 0 Å². The fourth-order valence-electron chi connectivity index (χ4n) is 6.03. The summed E-state index contributed by atoms with van der Waals surface area (Å²) >= 11 is 0. The van der Waals surface area contributed by atoms with Gasteiger partial charge in [0.25, 0.3) is 0 Å². The second-order valence-electron chi connectivity index (χ2n) is 14.4. The second kappa shape index (κ2) is 11.6. The van der Waals surface area contributed by atoms with E-state index in [1.165, 1.54) is 0 Å². The van der Waals surface area contributed by atoms with Gasteiger partial charge in [-0.3, -0.25) is 0 Å². The molecular formula is C30H51B3O7. The summed E-state index contributed by atoms with van der Waals surface area (Å²) in [5.74, 6) is 1.05. The third-order valence-electron chi connectivity index (χ3n) is 9.45. The Morgan fingerprint density at radius 3 is 2.05 bits per heavy atom. The molecule has 4 rings (SSSR count). The predicted molar refractivity (Wildman–Crippen MR) is 162 cm³/mol. The molecule has 1 aromatic rings. The van der Waals surface area contributed by atoms with Crippen molar-refractivity contribution in [1.29, 1.82) is 0 Å². The average Bonchev–Trinajstić information content (AvgIpc) is 3.26. The Bertz CT molecular complexity index is 1030. The van der Waals surface area contributed by atoms with Crippen LogP contribution in [0.2, 0.25) is 12.1 Å². The SMILES string of the molecule is CCCB1OC(C)(CCC2(C)OB(C(C)C)OC2(C)C)C(C)(Cc2ccc(B3OCC(C)(C)CO3)c(OC)c2)O1. The smallest absolute Gasteiger partial charge is 0.497 e. The molecule has 10 heteroatoms. The van der Waals surface area contributed by atoms with Crippen LogP contribution in [0.5, 0.6) is 5.75 Å². The number of ether oxygens (including phenoxy) is 1. The van der Waals surface area contributed by atoms with Crippen molar-refractivity contribution in [3.8, 4) is 5.75 Å². The van der Waals surface area contributed by atoms with E-state index >= 15 is 0 Å². The van der Waals surface area contributed by atoms with Crippen LogP contribution in [0.1, 0.15) is 94.1 Å². The summed E-state index contributed by atoms with van der Waals surface area (Å²) in [4.78, 5) is 0. The molecule has 0 N–H and O–H groups in total. The molecule has 1 aromatic carbocycles. The molecule has 3 fully saturated rings. The Balaban J connectivity index is 1.54. The Hall–Kier alpha value is -1.03. The van der Waals surface area contributed by atoms with Gasteiger partial charge in [-0.25, -0.2) is 0 Å². The summed E-state index contributed by atoms with van der Waals surface area (Å²) in [6, 6.07) is 6.30. The number of benzene rings is 1. The van der Waals surface area contributed by atoms with Crippen molar-refractivity contribution in [3.63, 3.8) is 0 Å². The highest BCUT2D eigenvalue weighted by Crippen LogP contribution is 2.49. The highest BCUT2D eigenvalue weighted by atomic mass is 16.7. The maximum atomic E-state index is 6.73. The Kier molecular flexibility index (Phi) is 9.23. The van der Waals surface area contributed by atoms with Crippen LogP contribution in [0.15, 0.2) is 18.2 Å². The van der Waals surface area contributed by atoms with Gasteiger partial charge in [-0.05, 0) is 71.2 Å². The lowest BCUT2D eigenvalue weighted by Crippen LogP contribution is -2.52. The van der Waals surface area contributed by atoms with Gasteiger partial charge in [0, 0.05) is 30.5 Å². The third-order valence-corrected chi connectivity index (χ3v) is 9.45. The Labute approximate surface area is 244 Å². The second-order valence-corrected chi connectivity index (χ2v) is 14.4. The molecular weight excluding hydrogens is 505 g/mol. The van der Waals surface area contributed by atoms with E-state index in [4.69, 9.17) is 32.7 Å². The molecule has 0 amide bonds. The van der Waals surface area contributed by atoms with Crippen molar-refractivity contribution < 1.29 is 32.7 Å². The van der Waals surface area contributed by atoms with Crippen molar-refractivity contribution in [1.82, 2.24) is 0 Å². The van der Waals surface area contributed by atoms with Gasteiger partial charge >= 0.3 is 21.4 Å². The molecule has 0 aliphatic carbocycles. The van der Waals surface area contributed by atoms with E-state index in [1.807, 2.05) is 0 Å². The molecule has 3 atom stereocenters. The first-order valence-corrected chi connectivity index (χ1v) is 15.2. The fraction of sp³-hybridized carbons (Fsp3) is 0.800. The number of rotatable bonds is 10. The van der Waals surface area contributed by atoms with Gasteiger partial charge in [-0.2, -0.15) is 0 Å². The summed E-state index contributed by atoms with van der Waals surface area (Å²) in [5, 5.41) is 0. The zero-order valence-electron chi connectivity index (χ0n) is 26.8. The molecule has 0 bridgehead atoms. The minimum absolute atomic E-state index is 0.00914. The zero-order chi connectivity index (χ0) is 29.6. The Morgan fingerprint density at radius 2 is 1.48 bits per heavy atom. The Morgan fingerprint density at radius 1 is 0.850 bits per heavy atom. The molecule has 222 valence electrons. The standard InChI is InChI=1S/C30H51B3O7/c1-12-17-31-38-29(9,16-15-28(8)27(6,7)37-32(40-28)22(2)3)30(10,39-31)19-23-13-14-24(25(18-23)34-11)33-35-20-26(4,5)21-36-33/h13-14,18,22H,12,15-17,19-21H2,1-11H3. The minimum Gasteiger partial charge on any atom is -0.497 e. The number of methoxy groups -OCH3 is 1. The van der Waals surface area contributed by atoms with Gasteiger partial charge in [0.2, 0.25) is 0 Å². The molecule has 0 radical (unpaired) electrons. The summed E-state index contributed by atoms with van der Waals surface area (Å²) < 4.78 is 44.3. The fourth-order valence-corrected chi connectivity index (χ4v) is 6.03. The largest absolute Gasteiger partial charge is 0.497 e. The maximum Gasteiger partial charge on any atom is 0.497 e. The van der Waals surface area contributed by atoms with E-state index in [0.29, 0.717) is 19.6 Å². The van der Waals surface area contributed by atoms with Crippen LogP contribution in [-0.2, 0) is 34.3 Å². The number of hydrogen-bond acceptors (Lipinski definition) is 7. The molecule has 3 saturated heterocycles. The lowest BCUT2D eigenvalue weighted by Gasteiger charge is -2.43. The van der Waals surface area contributed by atoms with Gasteiger partial charge in [-0.15, -0.1) is 0 Å². The van der Waals surface area contributed by atoms with Crippen molar-refractivity contribution in [2.24, 2.45) is 5.41 Å². The zero-order valence-corrected chi connectivity index (χ0v) is 26.8. The van der Waals surface area contributed by atoms with Crippen molar-refractivity contribution >= 4 is 26.8 Å². The van der Waals surface area contributed by atoms with Crippen LogP contribution < -0.4 is 10.2 Å². The highest BCUT2D eigenvalue weighted by molar-refractivity contribution is 6.62. The summed E-state index contributed by atoms with van der Waals surface area (Å²) in [6.07, 6.45) is 4.12. The third kappa shape index (κ3) is 6.33. The summed E-state index contributed by atoms with van der Waals surface area (Å²) in [6.45, 7) is 22.9. The molecule has 0 aromatic heterocycles. The average molecular weight is 556 g/mol. The first-order valence-electron chi connectivity index (χ1n) is 15.2. The lowest BCUT2D eigenvalue weighted by molar-refractivity contribution is -0.0637. The van der Waals surface area contributed by atoms with Crippen LogP contribution in [-0.4, -0.2) is 64.1 Å². The predicted octanol–water partition coefficient (Wildman–Crippen LogP) is 5.73. The molecule has 40 heavy (non-hydrogen) atoms. The quantitative estimate of drug-likeness (QED) is 0.341. The van der Waals surface area contributed by atoms with Gasteiger partial charge in [0.1, 0.15) is 5.75 Å². The van der Waals surface area contributed by atoms with Crippen molar-refractivity contribution in [2.45, 2.75) is 129 Å². The summed E-state index contributed by atoms with van der Waals surface area (Å²) in [7, 11) is 0.829. The molecule has 3 heterocycles. The first kappa shape index (κ1) is 31.9. The topological polar surface area (TPSA) is 64.6 Å². The van der Waals surface area contributed by atoms with Crippen LogP contribution in [0.25, 0.3) is 0 Å². The molecule has 3 aliphatic heterocycles. The normalized spacial score (nSPS) is 31.9. The van der Waals surface area contributed by atoms with Gasteiger partial charge in [0.15, 0.2) is 0 Å². The first-order chi connectivity index (χ1) is 18.6. The summed E-state index contributed by atoms with van der Waals surface area (Å²) in [5.41, 5.74) is 0.149. The van der Waals surface area contributed by atoms with Gasteiger partial charge < -0.3 is 32.7 Å². The molecule has 0 spiro atoms. The highest BCUT2D eigenvalue weighted by Gasteiger charge is 2.59. The van der Waals surface area contributed by atoms with Crippen LogP contribution in [0, 0.1) is 5.41 Å². The maximum absolute atomic E-state index is 6.73. The van der Waals surface area contributed by atoms with Crippen molar-refractivity contribution in [2.75, 3.05) is 20.3 Å². The molecule has 3 aliphatic rings. The van der Waals surface area contributed by atoms with E-state index in [1.54, 1.807) is 7.11 Å². The van der Waals surface area contributed by atoms with Crippen LogP contribution in [0.4, 0.5) is 0 Å². The van der Waals surface area contributed by atoms with Crippen molar-refractivity contribution in [3.05, 3.63) is 23.8 Å². The van der Waals surface area contributed by atoms with Gasteiger partial charge in [0.05, 0.1) is 29.5 Å². The van der Waals surface area contributed by atoms with Crippen LogP contribution in [0.3, 0.4) is 0 Å². The minimum atomic E-state index is -0.543. The van der Waals surface area contributed by atoms with E-state index in [2.05, 4.69) is 87.4 Å². The van der Waals surface area contributed by atoms with E-state index in [0.717, 1.165) is 42.4 Å². The van der Waals surface area contributed by atoms with E-state index < -0.39 is 29.5 Å². The van der Waals surface area contributed by atoms with E-state index in [9.17, 15) is 0 Å².